The van der Waals surface area contributed by atoms with Crippen molar-refractivity contribution in [1.82, 2.24) is 15.5 Å². The van der Waals surface area contributed by atoms with Gasteiger partial charge in [0, 0.05) is 31.2 Å². The van der Waals surface area contributed by atoms with Crippen molar-refractivity contribution < 1.29 is 9.53 Å². The largest absolute Gasteiger partial charge is 0.375 e. The third-order valence-electron chi connectivity index (χ3n) is 6.04. The Morgan fingerprint density at radius 1 is 1.24 bits per heavy atom. The topological polar surface area (TPSA) is 53.6 Å². The average molecular weight is 343 g/mol. The highest BCUT2D eigenvalue weighted by atomic mass is 16.5. The van der Waals surface area contributed by atoms with E-state index in [2.05, 4.69) is 45.9 Å². The van der Waals surface area contributed by atoms with E-state index in [1.165, 1.54) is 18.4 Å². The Labute approximate surface area is 150 Å². The summed E-state index contributed by atoms with van der Waals surface area (Å²) in [6.45, 7) is 4.45. The Kier molecular flexibility index (Phi) is 5.06. The van der Waals surface area contributed by atoms with Crippen LogP contribution in [0.1, 0.15) is 38.2 Å². The number of benzene rings is 1. The molecule has 0 saturated carbocycles. The quantitative estimate of drug-likeness (QED) is 0.873. The number of fused-ring (bicyclic) bond motifs is 2. The molecule has 25 heavy (non-hydrogen) atoms. The first kappa shape index (κ1) is 17.0. The van der Waals surface area contributed by atoms with Gasteiger partial charge >= 0.3 is 0 Å². The van der Waals surface area contributed by atoms with Crippen molar-refractivity contribution in [2.45, 2.75) is 69.4 Å². The van der Waals surface area contributed by atoms with Crippen molar-refractivity contribution in [3.05, 3.63) is 35.9 Å². The lowest BCUT2D eigenvalue weighted by atomic mass is 9.96. The van der Waals surface area contributed by atoms with Gasteiger partial charge in [0.2, 0.25) is 5.91 Å². The number of hydrogen-bond donors (Lipinski definition) is 2. The SMILES string of the molecule is C[C@H]1OCCN[C@@H]1C(=O)NC1CC2CCC(C1)N2Cc1ccccc1. The molecule has 2 N–H and O–H groups in total. The molecule has 3 saturated heterocycles. The van der Waals surface area contributed by atoms with E-state index in [0.29, 0.717) is 24.7 Å². The van der Waals surface area contributed by atoms with Crippen LogP contribution in [-0.4, -0.2) is 54.2 Å². The van der Waals surface area contributed by atoms with Crippen molar-refractivity contribution in [3.63, 3.8) is 0 Å². The van der Waals surface area contributed by atoms with Gasteiger partial charge in [-0.2, -0.15) is 0 Å². The summed E-state index contributed by atoms with van der Waals surface area (Å²) in [5.74, 6) is 0.105. The number of carbonyl (C=O) groups excluding carboxylic acids is 1. The monoisotopic (exact) mass is 343 g/mol. The van der Waals surface area contributed by atoms with Crippen LogP contribution >= 0.6 is 0 Å². The van der Waals surface area contributed by atoms with Gasteiger partial charge in [0.05, 0.1) is 12.7 Å². The highest BCUT2D eigenvalue weighted by Crippen LogP contribution is 2.36. The highest BCUT2D eigenvalue weighted by Gasteiger charge is 2.41. The van der Waals surface area contributed by atoms with Gasteiger partial charge in [-0.1, -0.05) is 30.3 Å². The van der Waals surface area contributed by atoms with E-state index in [1.54, 1.807) is 0 Å². The number of ether oxygens (including phenoxy) is 1. The maximum Gasteiger partial charge on any atom is 0.240 e. The fraction of sp³-hybridized carbons (Fsp3) is 0.650. The van der Waals surface area contributed by atoms with Crippen LogP contribution in [0.4, 0.5) is 0 Å². The zero-order chi connectivity index (χ0) is 17.2. The Hall–Kier alpha value is -1.43. The van der Waals surface area contributed by atoms with Gasteiger partial charge < -0.3 is 15.4 Å². The van der Waals surface area contributed by atoms with E-state index in [4.69, 9.17) is 4.74 Å². The van der Waals surface area contributed by atoms with E-state index in [0.717, 1.165) is 25.9 Å². The zero-order valence-electron chi connectivity index (χ0n) is 15.0. The molecule has 2 unspecified atom stereocenters. The molecular weight excluding hydrogens is 314 g/mol. The van der Waals surface area contributed by atoms with Gasteiger partial charge in [0.15, 0.2) is 0 Å². The summed E-state index contributed by atoms with van der Waals surface area (Å²) >= 11 is 0. The molecule has 3 aliphatic heterocycles. The Morgan fingerprint density at radius 3 is 2.64 bits per heavy atom. The van der Waals surface area contributed by atoms with Crippen molar-refractivity contribution >= 4 is 5.91 Å². The maximum atomic E-state index is 12.6. The molecule has 4 rings (SSSR count). The molecule has 0 aliphatic carbocycles. The summed E-state index contributed by atoms with van der Waals surface area (Å²) < 4.78 is 5.61. The first-order valence-corrected chi connectivity index (χ1v) is 9.66. The third-order valence-corrected chi connectivity index (χ3v) is 6.04. The lowest BCUT2D eigenvalue weighted by Crippen LogP contribution is -2.58. The number of hydrogen-bond acceptors (Lipinski definition) is 4. The van der Waals surface area contributed by atoms with Crippen LogP contribution in [-0.2, 0) is 16.1 Å². The number of morpholine rings is 1. The third kappa shape index (κ3) is 3.73. The van der Waals surface area contributed by atoms with Crippen molar-refractivity contribution in [1.29, 1.82) is 0 Å². The molecule has 0 spiro atoms. The average Bonchev–Trinajstić information content (AvgIpc) is 2.85. The van der Waals surface area contributed by atoms with Gasteiger partial charge in [0.1, 0.15) is 6.04 Å². The number of piperidine rings is 1. The second-order valence-corrected chi connectivity index (χ2v) is 7.73. The van der Waals surface area contributed by atoms with Crippen LogP contribution in [0.3, 0.4) is 0 Å². The van der Waals surface area contributed by atoms with Crippen LogP contribution in [0, 0.1) is 0 Å². The van der Waals surface area contributed by atoms with Crippen LogP contribution in [0.5, 0.6) is 0 Å². The van der Waals surface area contributed by atoms with Crippen LogP contribution in [0.15, 0.2) is 30.3 Å². The molecule has 5 heteroatoms. The second-order valence-electron chi connectivity index (χ2n) is 7.73. The molecule has 5 nitrogen and oxygen atoms in total. The van der Waals surface area contributed by atoms with E-state index >= 15 is 0 Å². The van der Waals surface area contributed by atoms with Gasteiger partial charge in [-0.05, 0) is 38.2 Å². The molecule has 3 aliphatic rings. The number of rotatable bonds is 4. The van der Waals surface area contributed by atoms with Crippen molar-refractivity contribution in [2.24, 2.45) is 0 Å². The van der Waals surface area contributed by atoms with Gasteiger partial charge in [0.25, 0.3) is 0 Å². The predicted molar refractivity (Wildman–Crippen MR) is 97.2 cm³/mol. The van der Waals surface area contributed by atoms with Crippen molar-refractivity contribution in [3.8, 4) is 0 Å². The summed E-state index contributed by atoms with van der Waals surface area (Å²) in [4.78, 5) is 15.3. The molecule has 1 aromatic rings. The highest BCUT2D eigenvalue weighted by molar-refractivity contribution is 5.82. The summed E-state index contributed by atoms with van der Waals surface area (Å²) in [5, 5.41) is 6.59. The molecule has 136 valence electrons. The number of nitrogens with zero attached hydrogens (tertiary/aromatic N) is 1. The maximum absolute atomic E-state index is 12.6. The Morgan fingerprint density at radius 2 is 1.96 bits per heavy atom. The smallest absolute Gasteiger partial charge is 0.240 e. The minimum atomic E-state index is -0.214. The van der Waals surface area contributed by atoms with Gasteiger partial charge in [-0.25, -0.2) is 0 Å². The molecule has 3 heterocycles. The fourth-order valence-electron chi connectivity index (χ4n) is 4.76. The van der Waals surface area contributed by atoms with Crippen LogP contribution in [0.25, 0.3) is 0 Å². The molecule has 0 radical (unpaired) electrons. The van der Waals surface area contributed by atoms with Crippen molar-refractivity contribution in [2.75, 3.05) is 13.2 Å². The first-order valence-electron chi connectivity index (χ1n) is 9.66. The second kappa shape index (κ2) is 7.44. The molecule has 2 bridgehead atoms. The molecule has 0 aromatic heterocycles. The lowest BCUT2D eigenvalue weighted by molar-refractivity contribution is -0.130. The number of carbonyl (C=O) groups is 1. The molecule has 4 atom stereocenters. The van der Waals surface area contributed by atoms with Crippen LogP contribution in [0.2, 0.25) is 0 Å². The molecule has 1 aromatic carbocycles. The molecular formula is C20H29N3O2. The Bertz CT molecular complexity index is 580. The standard InChI is InChI=1S/C20H29N3O2/c1-14-19(21-9-10-25-14)20(24)22-16-11-17-7-8-18(12-16)23(17)13-15-5-3-2-4-6-15/h2-6,14,16-19,21H,7-13H2,1H3,(H,22,24)/t14-,16?,17?,18?,19+/m1/s1. The van der Waals surface area contributed by atoms with E-state index in [1.807, 2.05) is 6.92 Å². The number of nitrogens with one attached hydrogen (secondary N) is 2. The van der Waals surface area contributed by atoms with E-state index < -0.39 is 0 Å². The Balaban J connectivity index is 1.34. The summed E-state index contributed by atoms with van der Waals surface area (Å²) in [7, 11) is 0. The fourth-order valence-corrected chi connectivity index (χ4v) is 4.76. The molecule has 3 fully saturated rings. The van der Waals surface area contributed by atoms with E-state index in [9.17, 15) is 4.79 Å². The minimum Gasteiger partial charge on any atom is -0.375 e. The minimum absolute atomic E-state index is 0.0522. The van der Waals surface area contributed by atoms with E-state index in [-0.39, 0.29) is 18.1 Å². The normalized spacial score (nSPS) is 35.5. The van der Waals surface area contributed by atoms with Gasteiger partial charge in [-0.15, -0.1) is 0 Å². The van der Waals surface area contributed by atoms with Crippen LogP contribution < -0.4 is 10.6 Å². The summed E-state index contributed by atoms with van der Waals surface area (Å²) in [6, 6.07) is 12.0. The summed E-state index contributed by atoms with van der Waals surface area (Å²) in [6.07, 6.45) is 4.59. The predicted octanol–water partition coefficient (Wildman–Crippen LogP) is 1.68. The summed E-state index contributed by atoms with van der Waals surface area (Å²) in [5.41, 5.74) is 1.39. The molecule has 1 amide bonds. The van der Waals surface area contributed by atoms with Gasteiger partial charge in [-0.3, -0.25) is 9.69 Å². The first-order chi connectivity index (χ1) is 12.2. The lowest BCUT2D eigenvalue weighted by Gasteiger charge is -2.40. The zero-order valence-corrected chi connectivity index (χ0v) is 15.0. The number of amides is 1.